The molecule has 0 atom stereocenters. The number of hydrogen-bond donors (Lipinski definition) is 1. The van der Waals surface area contributed by atoms with E-state index in [0.29, 0.717) is 0 Å². The van der Waals surface area contributed by atoms with Crippen molar-refractivity contribution in [1.29, 1.82) is 0 Å². The molecular formula is C28H35BrN6O4S2. The molecule has 41 heavy (non-hydrogen) atoms. The summed E-state index contributed by atoms with van der Waals surface area (Å²) in [6.45, 7) is 6.92. The second-order valence-electron chi connectivity index (χ2n) is 9.34. The van der Waals surface area contributed by atoms with Crippen LogP contribution in [0.2, 0.25) is 0 Å². The third-order valence-electron chi connectivity index (χ3n) is 5.18. The van der Waals surface area contributed by atoms with Crippen molar-refractivity contribution in [1.82, 2.24) is 30.4 Å². The smallest absolute Gasteiger partial charge is 0.335 e. The zero-order valence-electron chi connectivity index (χ0n) is 23.9. The van der Waals surface area contributed by atoms with E-state index in [4.69, 9.17) is 4.74 Å². The van der Waals surface area contributed by atoms with Crippen LogP contribution in [0.1, 0.15) is 38.8 Å². The molecule has 2 aromatic heterocycles. The van der Waals surface area contributed by atoms with Crippen LogP contribution in [0.5, 0.6) is 0 Å². The number of ether oxygens (including phenoxy) is 2. The van der Waals surface area contributed by atoms with Gasteiger partial charge in [-0.1, -0.05) is 100 Å². The van der Waals surface area contributed by atoms with Crippen LogP contribution in [0, 0.1) is 0 Å². The van der Waals surface area contributed by atoms with E-state index >= 15 is 0 Å². The van der Waals surface area contributed by atoms with Crippen molar-refractivity contribution in [2.45, 2.75) is 59.1 Å². The van der Waals surface area contributed by atoms with E-state index in [2.05, 4.69) is 70.5 Å². The summed E-state index contributed by atoms with van der Waals surface area (Å²) in [5.41, 5.74) is 1.62. The van der Waals surface area contributed by atoms with Crippen LogP contribution < -0.4 is 0 Å². The summed E-state index contributed by atoms with van der Waals surface area (Å²) in [7, 11) is 2.73. The summed E-state index contributed by atoms with van der Waals surface area (Å²) in [6, 6.07) is 20.4. The van der Waals surface area contributed by atoms with E-state index in [9.17, 15) is 9.59 Å². The number of rotatable bonds is 9. The van der Waals surface area contributed by atoms with Crippen LogP contribution in [0.15, 0.2) is 83.1 Å². The number of hydrogen-bond acceptors (Lipinski definition) is 10. The lowest BCUT2D eigenvalue weighted by Gasteiger charge is -2.19. The number of nitrogens with one attached hydrogen (secondary N) is 1. The van der Waals surface area contributed by atoms with Gasteiger partial charge >= 0.3 is 11.9 Å². The minimum Gasteiger partial charge on any atom is -0.468 e. The highest BCUT2D eigenvalue weighted by Gasteiger charge is 2.33. The minimum atomic E-state index is -0.902. The van der Waals surface area contributed by atoms with Crippen molar-refractivity contribution in [3.8, 4) is 0 Å². The molecule has 1 N–H and O–H groups in total. The van der Waals surface area contributed by atoms with Crippen LogP contribution in [0.3, 0.4) is 0 Å². The standard InChI is InChI=1S/C14H17N3O2S.C9H9N3S.C5H9BrO2/c1-14(2,13(18)19-3)17-15-9-12(16-17)20-10-11-7-5-4-6-8-11;1-2-4-8(5-3-1)7-13-9-6-10-12-11-9;1-5(2,6)4(7)8-3/h4-9H,10H2,1-3H3;1-6H,7H2,(H,10,11,12);1-3H3. The van der Waals surface area contributed by atoms with Gasteiger partial charge in [-0.25, -0.2) is 4.79 Å². The summed E-state index contributed by atoms with van der Waals surface area (Å²) in [5.74, 6) is 1.14. The third-order valence-corrected chi connectivity index (χ3v) is 7.43. The van der Waals surface area contributed by atoms with Gasteiger partial charge in [0.05, 0.1) is 26.6 Å². The number of aromatic nitrogens is 6. The average Bonchev–Trinajstić information content (AvgIpc) is 3.68. The van der Waals surface area contributed by atoms with Crippen molar-refractivity contribution in [2.24, 2.45) is 0 Å². The number of halogens is 1. The number of thioether (sulfide) groups is 2. The zero-order chi connectivity index (χ0) is 30.3. The van der Waals surface area contributed by atoms with Gasteiger partial charge in [0.15, 0.2) is 5.54 Å². The number of esters is 2. The van der Waals surface area contributed by atoms with Gasteiger partial charge in [0.25, 0.3) is 0 Å². The van der Waals surface area contributed by atoms with Gasteiger partial charge in [-0.2, -0.15) is 20.2 Å². The highest BCUT2D eigenvalue weighted by Crippen LogP contribution is 2.22. The van der Waals surface area contributed by atoms with Crippen molar-refractivity contribution in [3.05, 3.63) is 84.2 Å². The van der Waals surface area contributed by atoms with Gasteiger partial charge < -0.3 is 9.47 Å². The number of alkyl halides is 1. The predicted molar refractivity (Wildman–Crippen MR) is 165 cm³/mol. The molecule has 0 spiro atoms. The van der Waals surface area contributed by atoms with Gasteiger partial charge in [0.1, 0.15) is 14.4 Å². The van der Waals surface area contributed by atoms with Gasteiger partial charge in [0.2, 0.25) is 0 Å². The Morgan fingerprint density at radius 1 is 0.829 bits per heavy atom. The van der Waals surface area contributed by atoms with Crippen molar-refractivity contribution in [3.63, 3.8) is 0 Å². The molecule has 0 aliphatic heterocycles. The average molecular weight is 664 g/mol. The van der Waals surface area contributed by atoms with Crippen LogP contribution in [-0.4, -0.2) is 60.9 Å². The third kappa shape index (κ3) is 12.1. The van der Waals surface area contributed by atoms with Gasteiger partial charge in [-0.3, -0.25) is 4.79 Å². The Morgan fingerprint density at radius 3 is 1.76 bits per heavy atom. The van der Waals surface area contributed by atoms with Crippen molar-refractivity contribution < 1.29 is 19.1 Å². The van der Waals surface area contributed by atoms with Crippen molar-refractivity contribution in [2.75, 3.05) is 14.2 Å². The largest absolute Gasteiger partial charge is 0.468 e. The molecule has 0 aliphatic rings. The molecule has 2 heterocycles. The maximum absolute atomic E-state index is 11.7. The van der Waals surface area contributed by atoms with Crippen LogP contribution in [0.4, 0.5) is 0 Å². The lowest BCUT2D eigenvalue weighted by atomic mass is 10.1. The first-order valence-corrected chi connectivity index (χ1v) is 15.2. The van der Waals surface area contributed by atoms with E-state index in [1.165, 1.54) is 30.1 Å². The van der Waals surface area contributed by atoms with Crippen LogP contribution in [0.25, 0.3) is 0 Å². The number of nitrogens with zero attached hydrogens (tertiary/aromatic N) is 5. The van der Waals surface area contributed by atoms with Gasteiger partial charge in [-0.05, 0) is 38.8 Å². The quantitative estimate of drug-likeness (QED) is 0.131. The minimum absolute atomic E-state index is 0.252. The summed E-state index contributed by atoms with van der Waals surface area (Å²) in [4.78, 5) is 23.7. The monoisotopic (exact) mass is 662 g/mol. The highest BCUT2D eigenvalue weighted by atomic mass is 79.9. The molecular weight excluding hydrogens is 628 g/mol. The summed E-state index contributed by atoms with van der Waals surface area (Å²) in [5, 5.41) is 20.5. The number of aromatic amines is 1. The van der Waals surface area contributed by atoms with E-state index in [-0.39, 0.29) is 11.9 Å². The fraction of sp³-hybridized carbons (Fsp3) is 0.357. The topological polar surface area (TPSA) is 125 Å². The molecule has 0 unspecified atom stereocenters. The lowest BCUT2D eigenvalue weighted by Crippen LogP contribution is -2.38. The zero-order valence-corrected chi connectivity index (χ0v) is 27.1. The Bertz CT molecular complexity index is 1310. The first kappa shape index (κ1) is 34.0. The normalized spacial score (nSPS) is 10.9. The molecule has 10 nitrogen and oxygen atoms in total. The van der Waals surface area contributed by atoms with Gasteiger partial charge in [0, 0.05) is 11.5 Å². The number of methoxy groups -OCH3 is 2. The maximum Gasteiger partial charge on any atom is 0.335 e. The molecule has 0 fully saturated rings. The van der Waals surface area contributed by atoms with Crippen LogP contribution >= 0.6 is 39.5 Å². The number of carbonyl (C=O) groups is 2. The Morgan fingerprint density at radius 2 is 1.34 bits per heavy atom. The fourth-order valence-corrected chi connectivity index (χ4v) is 4.55. The molecule has 220 valence electrons. The van der Waals surface area contributed by atoms with E-state index in [1.54, 1.807) is 63.6 Å². The molecule has 4 aromatic rings. The maximum atomic E-state index is 11.7. The van der Waals surface area contributed by atoms with Crippen molar-refractivity contribution >= 4 is 51.4 Å². The summed E-state index contributed by atoms with van der Waals surface area (Å²) < 4.78 is 8.65. The SMILES string of the molecule is COC(=O)C(C)(C)Br.COC(=O)C(C)(C)n1ncc(SCc2ccccc2)n1.c1ccc(CSc2cn[nH]n2)cc1. The first-order chi connectivity index (χ1) is 19.5. The Labute approximate surface area is 257 Å². The second kappa shape index (κ2) is 16.9. The van der Waals surface area contributed by atoms with E-state index in [0.717, 1.165) is 21.6 Å². The summed E-state index contributed by atoms with van der Waals surface area (Å²) in [6.07, 6.45) is 3.39. The van der Waals surface area contributed by atoms with Crippen LogP contribution in [-0.2, 0) is 36.1 Å². The lowest BCUT2D eigenvalue weighted by molar-refractivity contribution is -0.150. The molecule has 0 saturated heterocycles. The van der Waals surface area contributed by atoms with E-state index < -0.39 is 9.86 Å². The summed E-state index contributed by atoms with van der Waals surface area (Å²) >= 11 is 6.39. The Hall–Kier alpha value is -3.16. The molecule has 0 aliphatic carbocycles. The molecule has 0 amide bonds. The molecule has 4 rings (SSSR count). The molecule has 0 bridgehead atoms. The molecule has 2 aromatic carbocycles. The van der Waals surface area contributed by atoms with E-state index in [1.807, 2.05) is 36.4 Å². The number of benzene rings is 2. The molecule has 0 radical (unpaired) electrons. The number of carbonyl (C=O) groups excluding carboxylic acids is 2. The predicted octanol–water partition coefficient (Wildman–Crippen LogP) is 5.91. The number of H-pyrrole nitrogens is 1. The fourth-order valence-electron chi connectivity index (χ4n) is 2.88. The Kier molecular flexibility index (Phi) is 14.1. The van der Waals surface area contributed by atoms with Gasteiger partial charge in [-0.15, -0.1) is 10.2 Å². The molecule has 13 heteroatoms. The Balaban J connectivity index is 0.000000240. The molecule has 0 saturated carbocycles. The highest BCUT2D eigenvalue weighted by molar-refractivity contribution is 9.10. The first-order valence-electron chi connectivity index (χ1n) is 12.4. The second-order valence-corrected chi connectivity index (χ2v) is 13.3.